The molecular weight excluding hydrogens is 394 g/mol. The van der Waals surface area contributed by atoms with Gasteiger partial charge in [-0.3, -0.25) is 0 Å². The Morgan fingerprint density at radius 2 is 1.14 bits per heavy atom. The van der Waals surface area contributed by atoms with E-state index in [4.69, 9.17) is 0 Å². The average Bonchev–Trinajstić information content (AvgIpc) is 2.68. The lowest BCUT2D eigenvalue weighted by molar-refractivity contribution is 0.380. The second-order valence-electron chi connectivity index (χ2n) is 5.77. The average molecular weight is 413 g/mol. The molecule has 28 heavy (non-hydrogen) atoms. The van der Waals surface area contributed by atoms with Crippen molar-refractivity contribution in [1.29, 1.82) is 0 Å². The van der Waals surface area contributed by atoms with Crippen LogP contribution in [0.3, 0.4) is 0 Å². The Kier molecular flexibility index (Phi) is 9.37. The lowest BCUT2D eigenvalue weighted by Crippen LogP contribution is -2.15. The van der Waals surface area contributed by atoms with E-state index >= 15 is 0 Å². The van der Waals surface area contributed by atoms with Crippen LogP contribution < -0.4 is 5.32 Å². The number of rotatable bonds is 6. The van der Waals surface area contributed by atoms with Crippen LogP contribution in [0.15, 0.2) is 12.1 Å². The van der Waals surface area contributed by atoms with Crippen molar-refractivity contribution in [1.82, 2.24) is 5.32 Å². The SMILES string of the molecule is CCCCNCCC.Fc1ccc(-c2c(F)c(F)c(F)c(F)c2F)c(F)c1F. The van der Waals surface area contributed by atoms with Crippen molar-refractivity contribution in [3.63, 3.8) is 0 Å². The molecule has 0 fully saturated rings. The molecule has 0 aliphatic heterocycles. The first kappa shape index (κ1) is 23.9. The molecule has 0 amide bonds. The van der Waals surface area contributed by atoms with Crippen LogP contribution in [0.25, 0.3) is 11.1 Å². The minimum atomic E-state index is -2.44. The van der Waals surface area contributed by atoms with Gasteiger partial charge in [-0.05, 0) is 38.1 Å². The van der Waals surface area contributed by atoms with Crippen molar-refractivity contribution in [2.45, 2.75) is 33.1 Å². The van der Waals surface area contributed by atoms with Gasteiger partial charge >= 0.3 is 0 Å². The molecule has 0 aliphatic rings. The Balaban J connectivity index is 0.000000416. The summed E-state index contributed by atoms with van der Waals surface area (Å²) in [7, 11) is 0. The van der Waals surface area contributed by atoms with Crippen molar-refractivity contribution in [3.8, 4) is 11.1 Å². The zero-order chi connectivity index (χ0) is 21.4. The van der Waals surface area contributed by atoms with E-state index in [0.29, 0.717) is 12.1 Å². The highest BCUT2D eigenvalue weighted by Gasteiger charge is 2.29. The molecule has 0 heterocycles. The minimum absolute atomic E-state index is 0.297. The predicted molar refractivity (Wildman–Crippen MR) is 89.6 cm³/mol. The summed E-state index contributed by atoms with van der Waals surface area (Å²) in [5.74, 6) is -17.6. The van der Waals surface area contributed by atoms with Gasteiger partial charge in [-0.1, -0.05) is 20.3 Å². The molecule has 0 saturated heterocycles. The second-order valence-corrected chi connectivity index (χ2v) is 5.77. The van der Waals surface area contributed by atoms with Gasteiger partial charge in [-0.25, -0.2) is 35.1 Å². The molecule has 0 bridgehead atoms. The van der Waals surface area contributed by atoms with Crippen LogP contribution in [0.5, 0.6) is 0 Å². The molecule has 1 N–H and O–H groups in total. The standard InChI is InChI=1S/C12H2F8.C7H17N/c13-4-2-1-3(6(14)7(4)15)5-8(16)10(18)12(20)11(19)9(5)17;1-3-5-7-8-6-4-2/h1-2H;8H,3-7H2,1-2H3. The van der Waals surface area contributed by atoms with Gasteiger partial charge in [-0.15, -0.1) is 0 Å². The first-order valence-electron chi connectivity index (χ1n) is 8.54. The number of nitrogens with one attached hydrogen (secondary N) is 1. The van der Waals surface area contributed by atoms with Crippen LogP contribution in [0.4, 0.5) is 35.1 Å². The molecule has 2 rings (SSSR count). The molecule has 0 unspecified atom stereocenters. The topological polar surface area (TPSA) is 12.0 Å². The Morgan fingerprint density at radius 3 is 1.64 bits per heavy atom. The fraction of sp³-hybridized carbons (Fsp3) is 0.368. The van der Waals surface area contributed by atoms with Crippen LogP contribution in [-0.2, 0) is 0 Å². The van der Waals surface area contributed by atoms with Crippen LogP contribution >= 0.6 is 0 Å². The smallest absolute Gasteiger partial charge is 0.200 e. The number of unbranched alkanes of at least 4 members (excludes halogenated alkanes) is 1. The molecule has 0 aromatic heterocycles. The van der Waals surface area contributed by atoms with Crippen LogP contribution in [0, 0.1) is 46.5 Å². The number of hydrogen-bond donors (Lipinski definition) is 1. The quantitative estimate of drug-likeness (QED) is 0.255. The molecule has 156 valence electrons. The van der Waals surface area contributed by atoms with Crippen LogP contribution in [0.2, 0.25) is 0 Å². The maximum absolute atomic E-state index is 13.4. The Labute approximate surface area is 157 Å². The number of halogens is 8. The summed E-state index contributed by atoms with van der Waals surface area (Å²) in [5.41, 5.74) is -2.95. The van der Waals surface area contributed by atoms with Crippen molar-refractivity contribution in [3.05, 3.63) is 58.7 Å². The third-order valence-corrected chi connectivity index (χ3v) is 3.65. The molecule has 0 radical (unpaired) electrons. The van der Waals surface area contributed by atoms with Crippen molar-refractivity contribution >= 4 is 0 Å². The van der Waals surface area contributed by atoms with Gasteiger partial charge in [0.2, 0.25) is 5.82 Å². The van der Waals surface area contributed by atoms with E-state index in [1.165, 1.54) is 32.4 Å². The van der Waals surface area contributed by atoms with E-state index in [1.54, 1.807) is 0 Å². The monoisotopic (exact) mass is 413 g/mol. The first-order valence-corrected chi connectivity index (χ1v) is 8.54. The maximum Gasteiger partial charge on any atom is 0.200 e. The Morgan fingerprint density at radius 1 is 0.607 bits per heavy atom. The molecule has 2 aromatic rings. The van der Waals surface area contributed by atoms with Gasteiger partial charge in [0.1, 0.15) is 0 Å². The van der Waals surface area contributed by atoms with E-state index < -0.39 is 57.7 Å². The van der Waals surface area contributed by atoms with Gasteiger partial charge in [0.25, 0.3) is 0 Å². The van der Waals surface area contributed by atoms with E-state index in [9.17, 15) is 35.1 Å². The van der Waals surface area contributed by atoms with E-state index in [-0.39, 0.29) is 0 Å². The van der Waals surface area contributed by atoms with Crippen molar-refractivity contribution in [2.24, 2.45) is 0 Å². The largest absolute Gasteiger partial charge is 0.317 e. The minimum Gasteiger partial charge on any atom is -0.317 e. The molecular formula is C19H19F8N. The van der Waals surface area contributed by atoms with Crippen molar-refractivity contribution in [2.75, 3.05) is 13.1 Å². The summed E-state index contributed by atoms with van der Waals surface area (Å²) in [4.78, 5) is 0. The zero-order valence-electron chi connectivity index (χ0n) is 15.2. The van der Waals surface area contributed by atoms with E-state index in [0.717, 1.165) is 0 Å². The number of benzene rings is 2. The van der Waals surface area contributed by atoms with Gasteiger partial charge in [-0.2, -0.15) is 0 Å². The summed E-state index contributed by atoms with van der Waals surface area (Å²) in [5, 5.41) is 3.34. The Bertz CT molecular complexity index is 772. The molecule has 0 aliphatic carbocycles. The Hall–Kier alpha value is -2.16. The van der Waals surface area contributed by atoms with Crippen LogP contribution in [0.1, 0.15) is 33.1 Å². The summed E-state index contributed by atoms with van der Waals surface area (Å²) in [6.45, 7) is 6.79. The highest BCUT2D eigenvalue weighted by molar-refractivity contribution is 5.66. The fourth-order valence-electron chi connectivity index (χ4n) is 2.16. The van der Waals surface area contributed by atoms with Crippen LogP contribution in [-0.4, -0.2) is 13.1 Å². The molecule has 0 atom stereocenters. The van der Waals surface area contributed by atoms with Crippen molar-refractivity contribution < 1.29 is 35.1 Å². The molecule has 0 spiro atoms. The molecule has 9 heteroatoms. The summed E-state index contributed by atoms with van der Waals surface area (Å²) >= 11 is 0. The third-order valence-electron chi connectivity index (χ3n) is 3.65. The summed E-state index contributed by atoms with van der Waals surface area (Å²) in [6.07, 6.45) is 3.88. The first-order chi connectivity index (χ1) is 13.2. The molecule has 2 aromatic carbocycles. The lowest BCUT2D eigenvalue weighted by atomic mass is 10.0. The number of hydrogen-bond acceptors (Lipinski definition) is 1. The maximum atomic E-state index is 13.4. The summed E-state index contributed by atoms with van der Waals surface area (Å²) in [6, 6.07) is 0.665. The second kappa shape index (κ2) is 11.0. The lowest BCUT2D eigenvalue weighted by Gasteiger charge is -2.09. The predicted octanol–water partition coefficient (Wildman–Crippen LogP) is 6.25. The highest BCUT2D eigenvalue weighted by atomic mass is 19.2. The molecule has 0 saturated carbocycles. The molecule has 1 nitrogen and oxygen atoms in total. The van der Waals surface area contributed by atoms with Gasteiger partial charge in [0.15, 0.2) is 40.7 Å². The normalized spacial score (nSPS) is 10.6. The van der Waals surface area contributed by atoms with Gasteiger partial charge < -0.3 is 5.32 Å². The fourth-order valence-corrected chi connectivity index (χ4v) is 2.16. The van der Waals surface area contributed by atoms with Gasteiger partial charge in [0, 0.05) is 5.56 Å². The van der Waals surface area contributed by atoms with Gasteiger partial charge in [0.05, 0.1) is 5.56 Å². The highest BCUT2D eigenvalue weighted by Crippen LogP contribution is 2.34. The third kappa shape index (κ3) is 5.43. The zero-order valence-corrected chi connectivity index (χ0v) is 15.2. The van der Waals surface area contributed by atoms with E-state index in [2.05, 4.69) is 19.2 Å². The van der Waals surface area contributed by atoms with E-state index in [1.807, 2.05) is 0 Å². The summed E-state index contributed by atoms with van der Waals surface area (Å²) < 4.78 is 105.